The lowest BCUT2D eigenvalue weighted by molar-refractivity contribution is -0.119. The second kappa shape index (κ2) is 8.49. The molecule has 4 rings (SSSR count). The molecule has 6 nitrogen and oxygen atoms in total. The van der Waals surface area contributed by atoms with E-state index in [0.717, 1.165) is 12.0 Å². The normalized spacial score (nSPS) is 16.1. The molecule has 0 spiro atoms. The lowest BCUT2D eigenvalue weighted by Gasteiger charge is -2.23. The van der Waals surface area contributed by atoms with E-state index in [2.05, 4.69) is 15.5 Å². The van der Waals surface area contributed by atoms with Crippen molar-refractivity contribution >= 4 is 51.5 Å². The van der Waals surface area contributed by atoms with Crippen LogP contribution in [0.2, 0.25) is 10.0 Å². The molecular weight excluding hydrogens is 431 g/mol. The molecule has 2 amide bonds. The van der Waals surface area contributed by atoms with Gasteiger partial charge in [-0.15, -0.1) is 10.2 Å². The third-order valence-corrected chi connectivity index (χ3v) is 5.93. The van der Waals surface area contributed by atoms with Gasteiger partial charge in [-0.25, -0.2) is 0 Å². The zero-order valence-corrected chi connectivity index (χ0v) is 17.5. The van der Waals surface area contributed by atoms with Crippen LogP contribution in [0.5, 0.6) is 0 Å². The van der Waals surface area contributed by atoms with E-state index in [4.69, 9.17) is 23.2 Å². The average molecular weight is 447 g/mol. The minimum Gasteiger partial charge on any atom is -0.327 e. The third kappa shape index (κ3) is 4.42. The van der Waals surface area contributed by atoms with E-state index in [-0.39, 0.29) is 11.8 Å². The number of likely N-dealkylation sites (tertiary alicyclic amines) is 1. The number of benzene rings is 2. The molecule has 1 aliphatic heterocycles. The van der Waals surface area contributed by atoms with Gasteiger partial charge in [0, 0.05) is 27.7 Å². The molecule has 0 radical (unpaired) electrons. The minimum atomic E-state index is -0.579. The molecule has 1 aliphatic rings. The Hall–Kier alpha value is -2.48. The SMILES string of the molecule is O=C(Nc1nnc(-c2ccccc2)s1)C1CCCN1C(=O)c1cc(Cl)cc(Cl)c1. The highest BCUT2D eigenvalue weighted by molar-refractivity contribution is 7.18. The highest BCUT2D eigenvalue weighted by Gasteiger charge is 2.35. The summed E-state index contributed by atoms with van der Waals surface area (Å²) in [5, 5.41) is 12.9. The van der Waals surface area contributed by atoms with Crippen molar-refractivity contribution in [1.82, 2.24) is 15.1 Å². The van der Waals surface area contributed by atoms with Gasteiger partial charge >= 0.3 is 0 Å². The van der Waals surface area contributed by atoms with E-state index < -0.39 is 6.04 Å². The van der Waals surface area contributed by atoms with E-state index in [9.17, 15) is 9.59 Å². The van der Waals surface area contributed by atoms with Crippen LogP contribution in [0.3, 0.4) is 0 Å². The van der Waals surface area contributed by atoms with Gasteiger partial charge in [0.1, 0.15) is 11.0 Å². The van der Waals surface area contributed by atoms with Crippen molar-refractivity contribution in [3.05, 3.63) is 64.1 Å². The number of halogens is 2. The molecule has 0 aliphatic carbocycles. The second-order valence-corrected chi connectivity index (χ2v) is 8.43. The largest absolute Gasteiger partial charge is 0.327 e. The molecule has 29 heavy (non-hydrogen) atoms. The summed E-state index contributed by atoms with van der Waals surface area (Å²) in [4.78, 5) is 27.3. The van der Waals surface area contributed by atoms with Crippen LogP contribution in [0.4, 0.5) is 5.13 Å². The Kier molecular flexibility index (Phi) is 5.80. The van der Waals surface area contributed by atoms with Crippen LogP contribution >= 0.6 is 34.5 Å². The fraction of sp³-hybridized carbons (Fsp3) is 0.200. The molecule has 1 N–H and O–H groups in total. The van der Waals surface area contributed by atoms with E-state index in [0.29, 0.717) is 38.7 Å². The molecule has 0 saturated carbocycles. The summed E-state index contributed by atoms with van der Waals surface area (Å²) >= 11 is 13.3. The summed E-state index contributed by atoms with van der Waals surface area (Å²) in [7, 11) is 0. The summed E-state index contributed by atoms with van der Waals surface area (Å²) in [5.41, 5.74) is 1.30. The topological polar surface area (TPSA) is 75.2 Å². The van der Waals surface area contributed by atoms with Gasteiger partial charge in [-0.05, 0) is 31.0 Å². The fourth-order valence-electron chi connectivity index (χ4n) is 3.29. The summed E-state index contributed by atoms with van der Waals surface area (Å²) in [5.74, 6) is -0.547. The number of nitrogens with one attached hydrogen (secondary N) is 1. The first-order valence-corrected chi connectivity index (χ1v) is 10.6. The number of nitrogens with zero attached hydrogens (tertiary/aromatic N) is 3. The van der Waals surface area contributed by atoms with E-state index in [1.54, 1.807) is 23.1 Å². The highest BCUT2D eigenvalue weighted by atomic mass is 35.5. The maximum absolute atomic E-state index is 12.9. The van der Waals surface area contributed by atoms with Gasteiger partial charge in [0.15, 0.2) is 0 Å². The second-order valence-electron chi connectivity index (χ2n) is 6.58. The molecule has 1 atom stereocenters. The van der Waals surface area contributed by atoms with Gasteiger partial charge in [-0.1, -0.05) is 64.9 Å². The van der Waals surface area contributed by atoms with E-state index in [1.807, 2.05) is 30.3 Å². The highest BCUT2D eigenvalue weighted by Crippen LogP contribution is 2.28. The van der Waals surface area contributed by atoms with Crippen molar-refractivity contribution in [2.24, 2.45) is 0 Å². The Morgan fingerprint density at radius 3 is 2.52 bits per heavy atom. The van der Waals surface area contributed by atoms with Crippen molar-refractivity contribution < 1.29 is 9.59 Å². The Labute approximate surface area is 181 Å². The van der Waals surface area contributed by atoms with Gasteiger partial charge in [0.25, 0.3) is 5.91 Å². The minimum absolute atomic E-state index is 0.269. The van der Waals surface area contributed by atoms with Crippen LogP contribution < -0.4 is 5.32 Å². The number of carbonyl (C=O) groups excluding carboxylic acids is 2. The lowest BCUT2D eigenvalue weighted by atomic mass is 10.1. The third-order valence-electron chi connectivity index (χ3n) is 4.60. The number of amides is 2. The summed E-state index contributed by atoms with van der Waals surface area (Å²) in [6.45, 7) is 0.492. The molecule has 9 heteroatoms. The van der Waals surface area contributed by atoms with Crippen LogP contribution in [0.1, 0.15) is 23.2 Å². The van der Waals surface area contributed by atoms with Crippen molar-refractivity contribution in [2.45, 2.75) is 18.9 Å². The van der Waals surface area contributed by atoms with Gasteiger partial charge in [-0.2, -0.15) is 0 Å². The summed E-state index contributed by atoms with van der Waals surface area (Å²) in [6, 6.07) is 13.7. The molecule has 148 valence electrons. The molecular formula is C20H16Cl2N4O2S. The summed E-state index contributed by atoms with van der Waals surface area (Å²) in [6.07, 6.45) is 1.32. The van der Waals surface area contributed by atoms with Crippen LogP contribution in [0, 0.1) is 0 Å². The molecule has 1 unspecified atom stereocenters. The predicted molar refractivity (Wildman–Crippen MR) is 114 cm³/mol. The van der Waals surface area contributed by atoms with E-state index >= 15 is 0 Å². The fourth-order valence-corrected chi connectivity index (χ4v) is 4.56. The molecule has 1 saturated heterocycles. The quantitative estimate of drug-likeness (QED) is 0.626. The van der Waals surface area contributed by atoms with Crippen LogP contribution in [-0.4, -0.2) is 39.5 Å². The Bertz CT molecular complexity index is 1040. The number of aromatic nitrogens is 2. The molecule has 1 fully saturated rings. The number of carbonyl (C=O) groups is 2. The van der Waals surface area contributed by atoms with Crippen LogP contribution in [0.25, 0.3) is 10.6 Å². The van der Waals surface area contributed by atoms with Gasteiger partial charge in [0.2, 0.25) is 11.0 Å². The molecule has 2 aromatic carbocycles. The van der Waals surface area contributed by atoms with Crippen molar-refractivity contribution in [3.8, 4) is 10.6 Å². The van der Waals surface area contributed by atoms with Gasteiger partial charge in [-0.3, -0.25) is 14.9 Å². The lowest BCUT2D eigenvalue weighted by Crippen LogP contribution is -2.43. The Balaban J connectivity index is 1.48. The first-order valence-electron chi connectivity index (χ1n) is 8.98. The monoisotopic (exact) mass is 446 g/mol. The maximum Gasteiger partial charge on any atom is 0.254 e. The number of anilines is 1. The smallest absolute Gasteiger partial charge is 0.254 e. The predicted octanol–water partition coefficient (Wildman–Crippen LogP) is 4.76. The molecule has 2 heterocycles. The van der Waals surface area contributed by atoms with Crippen molar-refractivity contribution in [1.29, 1.82) is 0 Å². The van der Waals surface area contributed by atoms with Crippen molar-refractivity contribution in [2.75, 3.05) is 11.9 Å². The molecule has 1 aromatic heterocycles. The van der Waals surface area contributed by atoms with E-state index in [1.165, 1.54) is 11.3 Å². The summed E-state index contributed by atoms with van der Waals surface area (Å²) < 4.78 is 0. The number of hydrogen-bond acceptors (Lipinski definition) is 5. The standard InChI is InChI=1S/C20H16Cl2N4O2S/c21-14-9-13(10-15(22)11-14)19(28)26-8-4-7-16(26)17(27)23-20-25-24-18(29-20)12-5-2-1-3-6-12/h1-3,5-6,9-11,16H,4,7-8H2,(H,23,25,27). The first kappa shape index (κ1) is 19.8. The maximum atomic E-state index is 12.9. The van der Waals surface area contributed by atoms with Crippen molar-refractivity contribution in [3.63, 3.8) is 0 Å². The Morgan fingerprint density at radius 1 is 1.07 bits per heavy atom. The first-order chi connectivity index (χ1) is 14.0. The number of hydrogen-bond donors (Lipinski definition) is 1. The van der Waals surface area contributed by atoms with Crippen LogP contribution in [-0.2, 0) is 4.79 Å². The zero-order chi connectivity index (χ0) is 20.4. The zero-order valence-electron chi connectivity index (χ0n) is 15.1. The van der Waals surface area contributed by atoms with Gasteiger partial charge in [0.05, 0.1) is 0 Å². The molecule has 3 aromatic rings. The molecule has 0 bridgehead atoms. The number of rotatable bonds is 4. The Morgan fingerprint density at radius 2 is 1.79 bits per heavy atom. The van der Waals surface area contributed by atoms with Crippen LogP contribution in [0.15, 0.2) is 48.5 Å². The van der Waals surface area contributed by atoms with Gasteiger partial charge < -0.3 is 4.90 Å². The average Bonchev–Trinajstić information content (AvgIpc) is 3.37.